The van der Waals surface area contributed by atoms with Crippen molar-refractivity contribution in [2.24, 2.45) is 0 Å². The van der Waals surface area contributed by atoms with Gasteiger partial charge in [-0.3, -0.25) is 0 Å². The van der Waals surface area contributed by atoms with E-state index in [1.165, 1.54) is 12.1 Å². The van der Waals surface area contributed by atoms with Gasteiger partial charge in [-0.1, -0.05) is 19.1 Å². The SMILES string of the molecule is CCC(O)CNC(C)Cc1ccc(F)cc1. The molecular formula is C13H20FNO. The normalized spacial score (nSPS) is 14.8. The average molecular weight is 225 g/mol. The molecule has 0 aliphatic heterocycles. The molecule has 0 aliphatic rings. The quantitative estimate of drug-likeness (QED) is 0.777. The van der Waals surface area contributed by atoms with Gasteiger partial charge in [-0.05, 0) is 37.5 Å². The minimum atomic E-state index is -0.282. The molecule has 2 unspecified atom stereocenters. The van der Waals surface area contributed by atoms with Crippen LogP contribution in [-0.4, -0.2) is 23.8 Å². The summed E-state index contributed by atoms with van der Waals surface area (Å²) in [5.74, 6) is -0.203. The van der Waals surface area contributed by atoms with Crippen molar-refractivity contribution in [2.75, 3.05) is 6.54 Å². The lowest BCUT2D eigenvalue weighted by atomic mass is 10.1. The minimum absolute atomic E-state index is 0.203. The Labute approximate surface area is 96.5 Å². The molecule has 0 spiro atoms. The first-order valence-electron chi connectivity index (χ1n) is 5.77. The lowest BCUT2D eigenvalue weighted by molar-refractivity contribution is 0.163. The van der Waals surface area contributed by atoms with Crippen LogP contribution in [-0.2, 0) is 6.42 Å². The number of rotatable bonds is 6. The molecule has 2 atom stereocenters. The van der Waals surface area contributed by atoms with E-state index < -0.39 is 0 Å². The van der Waals surface area contributed by atoms with Gasteiger partial charge in [0.05, 0.1) is 6.10 Å². The Morgan fingerprint density at radius 1 is 1.31 bits per heavy atom. The Morgan fingerprint density at radius 3 is 2.50 bits per heavy atom. The third-order valence-electron chi connectivity index (χ3n) is 2.63. The van der Waals surface area contributed by atoms with Gasteiger partial charge in [0.1, 0.15) is 5.82 Å². The van der Waals surface area contributed by atoms with Crippen LogP contribution in [0.5, 0.6) is 0 Å². The molecule has 0 aromatic heterocycles. The molecule has 0 saturated heterocycles. The minimum Gasteiger partial charge on any atom is -0.392 e. The van der Waals surface area contributed by atoms with Crippen LogP contribution >= 0.6 is 0 Å². The molecule has 0 radical (unpaired) electrons. The zero-order valence-corrected chi connectivity index (χ0v) is 9.91. The van der Waals surface area contributed by atoms with E-state index in [0.717, 1.165) is 18.4 Å². The zero-order chi connectivity index (χ0) is 12.0. The van der Waals surface area contributed by atoms with Crippen molar-refractivity contribution in [3.05, 3.63) is 35.6 Å². The fraction of sp³-hybridized carbons (Fsp3) is 0.538. The van der Waals surface area contributed by atoms with Gasteiger partial charge in [0.2, 0.25) is 0 Å². The van der Waals surface area contributed by atoms with Gasteiger partial charge >= 0.3 is 0 Å². The summed E-state index contributed by atoms with van der Waals surface area (Å²) < 4.78 is 12.7. The van der Waals surface area contributed by atoms with E-state index in [9.17, 15) is 9.50 Å². The molecule has 0 amide bonds. The predicted octanol–water partition coefficient (Wildman–Crippen LogP) is 2.12. The van der Waals surface area contributed by atoms with Gasteiger partial charge < -0.3 is 10.4 Å². The van der Waals surface area contributed by atoms with Crippen molar-refractivity contribution < 1.29 is 9.50 Å². The smallest absolute Gasteiger partial charge is 0.123 e. The summed E-state index contributed by atoms with van der Waals surface area (Å²) in [5, 5.41) is 12.6. The number of nitrogens with one attached hydrogen (secondary N) is 1. The van der Waals surface area contributed by atoms with Gasteiger partial charge in [0, 0.05) is 12.6 Å². The molecule has 2 N–H and O–H groups in total. The number of aliphatic hydroxyl groups excluding tert-OH is 1. The van der Waals surface area contributed by atoms with Crippen molar-refractivity contribution in [2.45, 2.75) is 38.8 Å². The van der Waals surface area contributed by atoms with E-state index >= 15 is 0 Å². The second kappa shape index (κ2) is 6.61. The summed E-state index contributed by atoms with van der Waals surface area (Å²) >= 11 is 0. The van der Waals surface area contributed by atoms with Crippen LogP contribution in [0.3, 0.4) is 0 Å². The van der Waals surface area contributed by atoms with E-state index in [1.807, 2.05) is 6.92 Å². The van der Waals surface area contributed by atoms with Crippen LogP contribution in [0.15, 0.2) is 24.3 Å². The molecule has 1 aromatic carbocycles. The number of halogens is 1. The Morgan fingerprint density at radius 2 is 1.94 bits per heavy atom. The van der Waals surface area contributed by atoms with Crippen molar-refractivity contribution in [3.63, 3.8) is 0 Å². The molecule has 0 aliphatic carbocycles. The highest BCUT2D eigenvalue weighted by Crippen LogP contribution is 2.05. The maximum atomic E-state index is 12.7. The maximum absolute atomic E-state index is 12.7. The lowest BCUT2D eigenvalue weighted by Crippen LogP contribution is -2.34. The Bertz CT molecular complexity index is 299. The summed E-state index contributed by atoms with van der Waals surface area (Å²) in [7, 11) is 0. The van der Waals surface area contributed by atoms with Gasteiger partial charge in [0.25, 0.3) is 0 Å². The van der Waals surface area contributed by atoms with Crippen molar-refractivity contribution in [1.82, 2.24) is 5.32 Å². The van der Waals surface area contributed by atoms with Crippen LogP contribution in [0.4, 0.5) is 4.39 Å². The number of aliphatic hydroxyl groups is 1. The van der Waals surface area contributed by atoms with Crippen LogP contribution < -0.4 is 5.32 Å². The molecule has 16 heavy (non-hydrogen) atoms. The van der Waals surface area contributed by atoms with E-state index in [1.54, 1.807) is 12.1 Å². The van der Waals surface area contributed by atoms with Crippen LogP contribution in [0.2, 0.25) is 0 Å². The number of benzene rings is 1. The first-order valence-corrected chi connectivity index (χ1v) is 5.77. The zero-order valence-electron chi connectivity index (χ0n) is 9.91. The van der Waals surface area contributed by atoms with Crippen molar-refractivity contribution in [1.29, 1.82) is 0 Å². The average Bonchev–Trinajstić information content (AvgIpc) is 2.29. The Balaban J connectivity index is 2.33. The van der Waals surface area contributed by atoms with Crippen molar-refractivity contribution >= 4 is 0 Å². The van der Waals surface area contributed by atoms with Crippen molar-refractivity contribution in [3.8, 4) is 0 Å². The molecule has 0 bridgehead atoms. The topological polar surface area (TPSA) is 32.3 Å². The molecule has 1 aromatic rings. The third-order valence-corrected chi connectivity index (χ3v) is 2.63. The van der Waals surface area contributed by atoms with Gasteiger partial charge in [-0.15, -0.1) is 0 Å². The number of hydrogen-bond acceptors (Lipinski definition) is 2. The lowest BCUT2D eigenvalue weighted by Gasteiger charge is -2.16. The first-order chi connectivity index (χ1) is 7.61. The van der Waals surface area contributed by atoms with E-state index in [4.69, 9.17) is 0 Å². The summed E-state index contributed by atoms with van der Waals surface area (Å²) in [4.78, 5) is 0. The summed E-state index contributed by atoms with van der Waals surface area (Å²) in [5.41, 5.74) is 1.10. The molecular weight excluding hydrogens is 205 g/mol. The Kier molecular flexibility index (Phi) is 5.43. The van der Waals surface area contributed by atoms with E-state index in [-0.39, 0.29) is 18.0 Å². The monoisotopic (exact) mass is 225 g/mol. The fourth-order valence-corrected chi connectivity index (χ4v) is 1.53. The van der Waals surface area contributed by atoms with Crippen LogP contribution in [0, 0.1) is 5.82 Å². The molecule has 90 valence electrons. The molecule has 0 saturated carbocycles. The van der Waals surface area contributed by atoms with Crippen LogP contribution in [0.25, 0.3) is 0 Å². The second-order valence-corrected chi connectivity index (χ2v) is 4.20. The third kappa shape index (κ3) is 4.73. The number of hydrogen-bond donors (Lipinski definition) is 2. The summed E-state index contributed by atoms with van der Waals surface area (Å²) in [6.07, 6.45) is 1.32. The molecule has 0 heterocycles. The van der Waals surface area contributed by atoms with Gasteiger partial charge in [-0.2, -0.15) is 0 Å². The van der Waals surface area contributed by atoms with E-state index in [0.29, 0.717) is 6.54 Å². The van der Waals surface area contributed by atoms with Gasteiger partial charge in [0.15, 0.2) is 0 Å². The maximum Gasteiger partial charge on any atom is 0.123 e. The van der Waals surface area contributed by atoms with E-state index in [2.05, 4.69) is 12.2 Å². The summed E-state index contributed by atoms with van der Waals surface area (Å²) in [6.45, 7) is 4.63. The molecule has 1 rings (SSSR count). The van der Waals surface area contributed by atoms with Crippen LogP contribution in [0.1, 0.15) is 25.8 Å². The fourth-order valence-electron chi connectivity index (χ4n) is 1.53. The Hall–Kier alpha value is -0.930. The van der Waals surface area contributed by atoms with Gasteiger partial charge in [-0.25, -0.2) is 4.39 Å². The highest BCUT2D eigenvalue weighted by Gasteiger charge is 2.06. The standard InChI is InChI=1S/C13H20FNO/c1-3-13(16)9-15-10(2)8-11-4-6-12(14)7-5-11/h4-7,10,13,15-16H,3,8-9H2,1-2H3. The molecule has 3 heteroatoms. The summed E-state index contributed by atoms with van der Waals surface area (Å²) in [6, 6.07) is 6.83. The highest BCUT2D eigenvalue weighted by molar-refractivity contribution is 5.16. The largest absolute Gasteiger partial charge is 0.392 e. The predicted molar refractivity (Wildman–Crippen MR) is 63.9 cm³/mol. The molecule has 0 fully saturated rings. The molecule has 2 nitrogen and oxygen atoms in total. The second-order valence-electron chi connectivity index (χ2n) is 4.20. The highest BCUT2D eigenvalue weighted by atomic mass is 19.1. The first kappa shape index (κ1) is 13.1.